The summed E-state index contributed by atoms with van der Waals surface area (Å²) in [7, 11) is 0. The fourth-order valence-electron chi connectivity index (χ4n) is 4.96. The summed E-state index contributed by atoms with van der Waals surface area (Å²) in [6, 6.07) is 1.34. The molecule has 2 aromatic carbocycles. The van der Waals surface area contributed by atoms with E-state index in [1.54, 1.807) is 0 Å². The van der Waals surface area contributed by atoms with Crippen LogP contribution in [0.1, 0.15) is 43.0 Å². The van der Waals surface area contributed by atoms with E-state index in [0.29, 0.717) is 0 Å². The molecule has 57 heavy (non-hydrogen) atoms. The van der Waals surface area contributed by atoms with Gasteiger partial charge in [0.2, 0.25) is 0 Å². The van der Waals surface area contributed by atoms with Gasteiger partial charge in [0.1, 0.15) is 0 Å². The van der Waals surface area contributed by atoms with Crippen molar-refractivity contribution in [3.63, 3.8) is 0 Å². The Balaban J connectivity index is 2.45. The first-order chi connectivity index (χ1) is 24.9. The smallest absolute Gasteiger partial charge is 0.270 e. The molecule has 0 N–H and O–H groups in total. The number of hydrogen-bond donors (Lipinski definition) is 0. The molecule has 322 valence electrons. The molecule has 29 heteroatoms. The van der Waals surface area contributed by atoms with Gasteiger partial charge in [0.05, 0.1) is 17.7 Å². The fourth-order valence-corrected chi connectivity index (χ4v) is 4.96. The fraction of sp³-hybridized carbons (Fsp3) is 0.500. The second-order valence-electron chi connectivity index (χ2n) is 11.8. The third-order valence-corrected chi connectivity index (χ3v) is 8.23. The number of benzene rings is 2. The third-order valence-electron chi connectivity index (χ3n) is 8.23. The maximum Gasteiger partial charge on any atom is 0.460 e. The molecule has 0 aliphatic carbocycles. The number of alkyl halides is 26. The lowest BCUT2D eigenvalue weighted by Crippen LogP contribution is -2.69. The van der Waals surface area contributed by atoms with Crippen LogP contribution in [-0.4, -0.2) is 76.4 Å². The van der Waals surface area contributed by atoms with Crippen LogP contribution in [0.2, 0.25) is 0 Å². The minimum Gasteiger partial charge on any atom is -0.270 e. The highest BCUT2D eigenvalue weighted by atomic mass is 19.4. The second-order valence-corrected chi connectivity index (χ2v) is 11.8. The van der Waals surface area contributed by atoms with Crippen molar-refractivity contribution >= 4 is 11.8 Å². The summed E-state index contributed by atoms with van der Waals surface area (Å²) >= 11 is 0. The first-order valence-corrected chi connectivity index (χ1v) is 13.9. The quantitative estimate of drug-likeness (QED) is 0.157. The van der Waals surface area contributed by atoms with Crippen LogP contribution in [0.4, 0.5) is 114 Å². The first-order valence-electron chi connectivity index (χ1n) is 13.9. The van der Waals surface area contributed by atoms with E-state index in [9.17, 15) is 106 Å². The van der Waals surface area contributed by atoms with E-state index in [2.05, 4.69) is 0 Å². The van der Waals surface area contributed by atoms with Crippen LogP contribution in [0.25, 0.3) is 0 Å². The van der Waals surface area contributed by atoms with Crippen molar-refractivity contribution in [3.8, 4) is 0 Å². The lowest BCUT2D eigenvalue weighted by atomic mass is 9.83. The van der Waals surface area contributed by atoms with E-state index in [1.165, 1.54) is 0 Å². The number of hydrogen-bond acceptors (Lipinski definition) is 2. The summed E-state index contributed by atoms with van der Waals surface area (Å²) in [5.74, 6) is -87.7. The summed E-state index contributed by atoms with van der Waals surface area (Å²) in [6.07, 6.45) is -16.0. The number of fused-ring (bicyclic) bond motifs is 1. The van der Waals surface area contributed by atoms with Crippen LogP contribution in [0.5, 0.6) is 0 Å². The Morgan fingerprint density at radius 3 is 0.947 bits per heavy atom. The lowest BCUT2D eigenvalue weighted by Gasteiger charge is -2.41. The van der Waals surface area contributed by atoms with Crippen molar-refractivity contribution in [2.45, 2.75) is 85.0 Å². The van der Waals surface area contributed by atoms with Gasteiger partial charge >= 0.3 is 71.6 Å². The predicted octanol–water partition coefficient (Wildman–Crippen LogP) is 11.2. The molecule has 1 heterocycles. The van der Waals surface area contributed by atoms with Gasteiger partial charge in [0.15, 0.2) is 0 Å². The molecule has 0 saturated carbocycles. The number of rotatable bonds is 12. The maximum atomic E-state index is 15.4. The van der Waals surface area contributed by atoms with Gasteiger partial charge in [0.25, 0.3) is 11.8 Å². The molecule has 0 aromatic heterocycles. The van der Waals surface area contributed by atoms with Crippen molar-refractivity contribution in [2.75, 3.05) is 0 Å². The van der Waals surface area contributed by atoms with Crippen molar-refractivity contribution in [2.24, 2.45) is 0 Å². The Labute approximate surface area is 296 Å². The molecule has 2 amide bonds. The van der Waals surface area contributed by atoms with E-state index in [0.717, 1.165) is 24.3 Å². The predicted molar refractivity (Wildman–Crippen MR) is 131 cm³/mol. The Morgan fingerprint density at radius 2 is 0.684 bits per heavy atom. The molecular formula is C28H11F26NO2. The molecule has 0 fully saturated rings. The SMILES string of the molecule is Cc1c(C(F)(F)C(F)(F)C(F)(F)C(F)(F)C(F)(F)C(F)(F)F)cc(CN2C(=O)c3ccccc3C2=O)cc1C(F)(F)C(F)(F)C(F)(F)C(F)(F)C(F)(F)C(F)(F)F. The highest BCUT2D eigenvalue weighted by molar-refractivity contribution is 6.21. The van der Waals surface area contributed by atoms with Gasteiger partial charge in [-0.1, -0.05) is 12.1 Å². The van der Waals surface area contributed by atoms with Gasteiger partial charge in [-0.2, -0.15) is 114 Å². The number of nitrogens with zero attached hydrogens (tertiary/aromatic N) is 1. The minimum atomic E-state index is -8.77. The standard InChI is InChI=1S/C28H11F26NO2/c1-9-13(17(29,30)19(33,34)21(37,38)23(41,42)25(45,46)27(49,50)51)6-10(8-55-15(56)11-4-2-3-5-12(11)16(55)57)7-14(9)18(31,32)20(35,36)22(39,40)24(43,44)26(47,48)28(52,53)54/h2-7H,8H2,1H3. The van der Waals surface area contributed by atoms with Gasteiger partial charge in [-0.3, -0.25) is 14.5 Å². The maximum absolute atomic E-state index is 15.4. The van der Waals surface area contributed by atoms with Crippen molar-refractivity contribution in [1.82, 2.24) is 4.90 Å². The molecule has 3 nitrogen and oxygen atoms in total. The highest BCUT2D eigenvalue weighted by Gasteiger charge is 2.92. The summed E-state index contributed by atoms with van der Waals surface area (Å²) in [4.78, 5) is 25.0. The summed E-state index contributed by atoms with van der Waals surface area (Å²) in [5.41, 5.74) is -14.1. The van der Waals surface area contributed by atoms with E-state index in [-0.39, 0.29) is 4.90 Å². The van der Waals surface area contributed by atoms with Crippen molar-refractivity contribution < 1.29 is 124 Å². The average Bonchev–Trinajstić information content (AvgIpc) is 3.28. The number of halogens is 26. The largest absolute Gasteiger partial charge is 0.460 e. The van der Waals surface area contributed by atoms with Gasteiger partial charge in [-0.15, -0.1) is 0 Å². The topological polar surface area (TPSA) is 37.4 Å². The zero-order valence-electron chi connectivity index (χ0n) is 26.3. The molecule has 2 aromatic rings. The van der Waals surface area contributed by atoms with Crippen LogP contribution in [0, 0.1) is 6.92 Å². The molecule has 0 saturated heterocycles. The van der Waals surface area contributed by atoms with Gasteiger partial charge < -0.3 is 0 Å². The van der Waals surface area contributed by atoms with Gasteiger partial charge in [-0.05, 0) is 42.3 Å². The number of carbonyl (C=O) groups excluding carboxylic acids is 2. The van der Waals surface area contributed by atoms with Crippen LogP contribution < -0.4 is 0 Å². The van der Waals surface area contributed by atoms with Crippen LogP contribution in [0.15, 0.2) is 36.4 Å². The van der Waals surface area contributed by atoms with Crippen molar-refractivity contribution in [3.05, 3.63) is 69.8 Å². The van der Waals surface area contributed by atoms with E-state index >= 15 is 17.6 Å². The summed E-state index contributed by atoms with van der Waals surface area (Å²) < 4.78 is 362. The normalized spacial score (nSPS) is 16.4. The molecule has 0 unspecified atom stereocenters. The Morgan fingerprint density at radius 1 is 0.421 bits per heavy atom. The lowest BCUT2D eigenvalue weighted by molar-refractivity contribution is -0.442. The van der Waals surface area contributed by atoms with E-state index in [1.807, 2.05) is 0 Å². The molecule has 0 spiro atoms. The molecule has 1 aliphatic heterocycles. The van der Waals surface area contributed by atoms with Gasteiger partial charge in [0, 0.05) is 11.1 Å². The Bertz CT molecular complexity index is 1790. The minimum absolute atomic E-state index is 0.380. The average molecular weight is 887 g/mol. The number of imide groups is 1. The summed E-state index contributed by atoms with van der Waals surface area (Å²) in [6.45, 7) is -2.93. The molecular weight excluding hydrogens is 876 g/mol. The van der Waals surface area contributed by atoms with Crippen LogP contribution in [0.3, 0.4) is 0 Å². The van der Waals surface area contributed by atoms with Crippen molar-refractivity contribution in [1.29, 1.82) is 0 Å². The number of amides is 2. The summed E-state index contributed by atoms with van der Waals surface area (Å²) in [5, 5.41) is 0. The molecule has 0 radical (unpaired) electrons. The van der Waals surface area contributed by atoms with Crippen LogP contribution >= 0.6 is 0 Å². The first kappa shape index (κ1) is 47.1. The molecule has 0 bridgehead atoms. The Kier molecular flexibility index (Phi) is 10.7. The zero-order valence-corrected chi connectivity index (χ0v) is 26.3. The second kappa shape index (κ2) is 12.9. The van der Waals surface area contributed by atoms with Crippen LogP contribution in [-0.2, 0) is 18.4 Å². The number of carbonyl (C=O) groups is 2. The Hall–Kier alpha value is -4.24. The van der Waals surface area contributed by atoms with Gasteiger partial charge in [-0.25, -0.2) is 0 Å². The molecule has 1 aliphatic rings. The van der Waals surface area contributed by atoms with E-state index < -0.39 is 142 Å². The monoisotopic (exact) mass is 887 g/mol. The zero-order chi connectivity index (χ0) is 45.1. The third kappa shape index (κ3) is 6.12. The molecule has 3 rings (SSSR count). The highest BCUT2D eigenvalue weighted by Crippen LogP contribution is 2.65. The van der Waals surface area contributed by atoms with E-state index in [4.69, 9.17) is 0 Å². The molecule has 0 atom stereocenters.